The van der Waals surface area contributed by atoms with E-state index in [-0.39, 0.29) is 17.4 Å². The van der Waals surface area contributed by atoms with Gasteiger partial charge in [0.05, 0.1) is 16.8 Å². The molecule has 10 heteroatoms. The van der Waals surface area contributed by atoms with Crippen LogP contribution in [0.15, 0.2) is 113 Å². The van der Waals surface area contributed by atoms with Crippen molar-refractivity contribution in [2.24, 2.45) is 5.10 Å². The first kappa shape index (κ1) is 29.0. The van der Waals surface area contributed by atoms with E-state index in [0.717, 1.165) is 11.1 Å². The Morgan fingerprint density at radius 3 is 2.20 bits per heavy atom. The van der Waals surface area contributed by atoms with Crippen LogP contribution in [0.3, 0.4) is 0 Å². The number of nitrogens with one attached hydrogen (secondary N) is 2. The molecule has 4 rings (SSSR count). The predicted octanol–water partition coefficient (Wildman–Crippen LogP) is 4.28. The number of sulfonamides is 1. The summed E-state index contributed by atoms with van der Waals surface area (Å²) in [5.41, 5.74) is 5.88. The largest absolute Gasteiger partial charge is 0.484 e. The van der Waals surface area contributed by atoms with Crippen molar-refractivity contribution in [3.8, 4) is 5.75 Å². The summed E-state index contributed by atoms with van der Waals surface area (Å²) in [5, 5.41) is 6.78. The fraction of sp³-hybridized carbons (Fsp3) is 0.129. The van der Waals surface area contributed by atoms with Crippen LogP contribution in [-0.4, -0.2) is 40.1 Å². The lowest BCUT2D eigenvalue weighted by Gasteiger charge is -2.19. The van der Waals surface area contributed by atoms with Crippen LogP contribution < -0.4 is 19.8 Å². The van der Waals surface area contributed by atoms with Crippen molar-refractivity contribution in [3.05, 3.63) is 125 Å². The van der Waals surface area contributed by atoms with Gasteiger partial charge < -0.3 is 10.1 Å². The number of carbonyl (C=O) groups excluding carboxylic acids is 2. The number of hydrogen-bond donors (Lipinski definition) is 2. The van der Waals surface area contributed by atoms with Gasteiger partial charge >= 0.3 is 0 Å². The number of hydrazone groups is 1. The Hall–Kier alpha value is -4.96. The molecule has 0 unspecified atom stereocenters. The lowest BCUT2D eigenvalue weighted by Crippen LogP contribution is -2.28. The topological polar surface area (TPSA) is 117 Å². The zero-order valence-corrected chi connectivity index (χ0v) is 23.5. The van der Waals surface area contributed by atoms with Gasteiger partial charge in [-0.3, -0.25) is 13.9 Å². The molecule has 4 aromatic carbocycles. The fourth-order valence-electron chi connectivity index (χ4n) is 3.71. The maximum atomic E-state index is 12.9. The van der Waals surface area contributed by atoms with Crippen LogP contribution in [0.1, 0.15) is 27.0 Å². The molecular weight excluding hydrogens is 540 g/mol. The SMILES string of the molecule is Cc1ccc(S(=O)(=O)N(C)c2ccc(C(=O)N/N=C\c3ccc(OCC(=O)NCc4ccccc4)cc3)cc2)cc1. The molecule has 0 saturated heterocycles. The van der Waals surface area contributed by atoms with Crippen molar-refractivity contribution in [2.45, 2.75) is 18.4 Å². The van der Waals surface area contributed by atoms with E-state index in [9.17, 15) is 18.0 Å². The van der Waals surface area contributed by atoms with Crippen molar-refractivity contribution in [1.82, 2.24) is 10.7 Å². The van der Waals surface area contributed by atoms with Crippen LogP contribution in [0.25, 0.3) is 0 Å². The van der Waals surface area contributed by atoms with E-state index in [1.165, 1.54) is 29.7 Å². The van der Waals surface area contributed by atoms with Gasteiger partial charge in [0.25, 0.3) is 21.8 Å². The highest BCUT2D eigenvalue weighted by molar-refractivity contribution is 7.92. The molecule has 0 saturated carbocycles. The Labute approximate surface area is 239 Å². The van der Waals surface area contributed by atoms with Crippen molar-refractivity contribution in [3.63, 3.8) is 0 Å². The molecule has 41 heavy (non-hydrogen) atoms. The molecule has 0 fully saturated rings. The van der Waals surface area contributed by atoms with Gasteiger partial charge in [0.2, 0.25) is 0 Å². The third-order valence-corrected chi connectivity index (χ3v) is 7.93. The summed E-state index contributed by atoms with van der Waals surface area (Å²) >= 11 is 0. The molecule has 210 valence electrons. The molecule has 2 N–H and O–H groups in total. The molecular formula is C31H30N4O5S. The van der Waals surface area contributed by atoms with Crippen LogP contribution in [0.4, 0.5) is 5.69 Å². The molecule has 0 aliphatic carbocycles. The van der Waals surface area contributed by atoms with Gasteiger partial charge in [-0.25, -0.2) is 13.8 Å². The zero-order valence-electron chi connectivity index (χ0n) is 22.7. The first-order chi connectivity index (χ1) is 19.7. The zero-order chi connectivity index (χ0) is 29.2. The summed E-state index contributed by atoms with van der Waals surface area (Å²) in [6.07, 6.45) is 1.48. The molecule has 0 aromatic heterocycles. The Bertz CT molecular complexity index is 1600. The first-order valence-corrected chi connectivity index (χ1v) is 14.2. The van der Waals surface area contributed by atoms with Gasteiger partial charge in [-0.2, -0.15) is 5.10 Å². The number of carbonyl (C=O) groups is 2. The monoisotopic (exact) mass is 570 g/mol. The molecule has 0 heterocycles. The lowest BCUT2D eigenvalue weighted by atomic mass is 10.2. The number of anilines is 1. The van der Waals surface area contributed by atoms with Gasteiger partial charge in [-0.15, -0.1) is 0 Å². The van der Waals surface area contributed by atoms with Crippen LogP contribution in [0.2, 0.25) is 0 Å². The third-order valence-electron chi connectivity index (χ3n) is 6.13. The number of ether oxygens (including phenoxy) is 1. The van der Waals surface area contributed by atoms with Crippen molar-refractivity contribution >= 4 is 33.7 Å². The van der Waals surface area contributed by atoms with E-state index in [2.05, 4.69) is 15.8 Å². The van der Waals surface area contributed by atoms with Crippen LogP contribution in [0.5, 0.6) is 5.75 Å². The number of benzene rings is 4. The minimum atomic E-state index is -3.73. The molecule has 0 bridgehead atoms. The quantitative estimate of drug-likeness (QED) is 0.206. The number of nitrogens with zero attached hydrogens (tertiary/aromatic N) is 2. The maximum Gasteiger partial charge on any atom is 0.271 e. The van der Waals surface area contributed by atoms with Gasteiger partial charge in [-0.05, 0) is 78.7 Å². The van der Waals surface area contributed by atoms with Crippen LogP contribution in [0, 0.1) is 6.92 Å². The first-order valence-electron chi connectivity index (χ1n) is 12.7. The molecule has 0 atom stereocenters. The predicted molar refractivity (Wildman–Crippen MR) is 158 cm³/mol. The van der Waals surface area contributed by atoms with Crippen molar-refractivity contribution < 1.29 is 22.7 Å². The minimum Gasteiger partial charge on any atom is -0.484 e. The molecule has 0 aliphatic rings. The van der Waals surface area contributed by atoms with Crippen LogP contribution in [-0.2, 0) is 21.4 Å². The second-order valence-corrected chi connectivity index (χ2v) is 11.1. The van der Waals surface area contributed by atoms with Crippen LogP contribution >= 0.6 is 0 Å². The van der Waals surface area contributed by atoms with Gasteiger partial charge in [0, 0.05) is 19.2 Å². The second kappa shape index (κ2) is 13.4. The Morgan fingerprint density at radius 2 is 1.54 bits per heavy atom. The smallest absolute Gasteiger partial charge is 0.271 e. The molecule has 0 spiro atoms. The molecule has 0 aliphatic heterocycles. The van der Waals surface area contributed by atoms with E-state index < -0.39 is 15.9 Å². The van der Waals surface area contributed by atoms with E-state index in [4.69, 9.17) is 4.74 Å². The number of rotatable bonds is 11. The van der Waals surface area contributed by atoms with E-state index in [1.54, 1.807) is 60.7 Å². The highest BCUT2D eigenvalue weighted by Crippen LogP contribution is 2.22. The Balaban J connectivity index is 1.25. The summed E-state index contributed by atoms with van der Waals surface area (Å²) in [6, 6.07) is 29.3. The van der Waals surface area contributed by atoms with E-state index in [0.29, 0.717) is 29.1 Å². The highest BCUT2D eigenvalue weighted by atomic mass is 32.2. The van der Waals surface area contributed by atoms with E-state index >= 15 is 0 Å². The van der Waals surface area contributed by atoms with Gasteiger partial charge in [0.15, 0.2) is 6.61 Å². The van der Waals surface area contributed by atoms with Gasteiger partial charge in [0.1, 0.15) is 5.75 Å². The normalized spacial score (nSPS) is 11.2. The minimum absolute atomic E-state index is 0.108. The molecule has 9 nitrogen and oxygen atoms in total. The average molecular weight is 571 g/mol. The number of hydrogen-bond acceptors (Lipinski definition) is 6. The van der Waals surface area contributed by atoms with Gasteiger partial charge in [-0.1, -0.05) is 48.0 Å². The Kier molecular flexibility index (Phi) is 9.49. The lowest BCUT2D eigenvalue weighted by molar-refractivity contribution is -0.123. The fourth-order valence-corrected chi connectivity index (χ4v) is 4.90. The summed E-state index contributed by atoms with van der Waals surface area (Å²) in [4.78, 5) is 24.7. The average Bonchev–Trinajstić information content (AvgIpc) is 3.00. The van der Waals surface area contributed by atoms with Crippen molar-refractivity contribution in [1.29, 1.82) is 0 Å². The summed E-state index contributed by atoms with van der Waals surface area (Å²) < 4.78 is 32.5. The Morgan fingerprint density at radius 1 is 0.878 bits per heavy atom. The molecule has 2 amide bonds. The van der Waals surface area contributed by atoms with Crippen molar-refractivity contribution in [2.75, 3.05) is 18.0 Å². The molecule has 0 radical (unpaired) electrons. The third kappa shape index (κ3) is 8.02. The standard InChI is InChI=1S/C31H30N4O5S/c1-23-8-18-29(19-9-23)41(38,39)35(2)27-14-12-26(13-15-27)31(37)34-33-21-25-10-16-28(17-11-25)40-22-30(36)32-20-24-6-4-3-5-7-24/h3-19,21H,20,22H2,1-2H3,(H,32,36)(H,34,37)/b33-21-. The highest BCUT2D eigenvalue weighted by Gasteiger charge is 2.21. The number of amides is 2. The summed E-state index contributed by atoms with van der Waals surface area (Å²) in [6.45, 7) is 2.21. The maximum absolute atomic E-state index is 12.9. The summed E-state index contributed by atoms with van der Waals surface area (Å²) in [5.74, 6) is -0.149. The molecule has 4 aromatic rings. The summed E-state index contributed by atoms with van der Waals surface area (Å²) in [7, 11) is -2.27. The second-order valence-electron chi connectivity index (χ2n) is 9.15. The number of aryl methyl sites for hydroxylation is 1. The van der Waals surface area contributed by atoms with E-state index in [1.807, 2.05) is 37.3 Å².